The van der Waals surface area contributed by atoms with Crippen LogP contribution in [0, 0.1) is 11.3 Å². The summed E-state index contributed by atoms with van der Waals surface area (Å²) in [6, 6.07) is 4.24. The molecule has 0 N–H and O–H groups in total. The zero-order valence-electron chi connectivity index (χ0n) is 13.9. The van der Waals surface area contributed by atoms with Crippen LogP contribution in [0.25, 0.3) is 0 Å². The van der Waals surface area contributed by atoms with Gasteiger partial charge in [-0.25, -0.2) is 21.6 Å². The van der Waals surface area contributed by atoms with Gasteiger partial charge in [-0.05, 0) is 17.2 Å². The molecule has 0 amide bonds. The van der Waals surface area contributed by atoms with Gasteiger partial charge in [0.1, 0.15) is 36.9 Å². The molecule has 0 fully saturated rings. The van der Waals surface area contributed by atoms with Crippen LogP contribution in [-0.4, -0.2) is 36.6 Å². The van der Waals surface area contributed by atoms with Crippen molar-refractivity contribution >= 4 is 49.9 Å². The van der Waals surface area contributed by atoms with Crippen LogP contribution in [0.3, 0.4) is 0 Å². The molecule has 0 saturated carbocycles. The summed E-state index contributed by atoms with van der Waals surface area (Å²) in [5, 5.41) is 12.8. The van der Waals surface area contributed by atoms with E-state index in [2.05, 4.69) is 5.10 Å². The summed E-state index contributed by atoms with van der Waals surface area (Å²) >= 11 is 1.26. The summed E-state index contributed by atoms with van der Waals surface area (Å²) in [7, 11) is 1.67. The topological polar surface area (TPSA) is 85.0 Å². The van der Waals surface area contributed by atoms with Crippen LogP contribution in [0.15, 0.2) is 29.4 Å². The monoisotopic (exact) mass is 539 g/mol. The van der Waals surface area contributed by atoms with Gasteiger partial charge in [0.15, 0.2) is 10.7 Å². The normalized spacial score (nSPS) is 20.4. The Bertz CT molecular complexity index is 1080. The lowest BCUT2D eigenvalue weighted by Crippen LogP contribution is -2.29. The number of rotatable bonds is 5. The third kappa shape index (κ3) is 3.58. The summed E-state index contributed by atoms with van der Waals surface area (Å²) in [6.45, 7) is 0.0126. The summed E-state index contributed by atoms with van der Waals surface area (Å²) in [5.74, 6) is -3.40. The summed E-state index contributed by atoms with van der Waals surface area (Å²) < 4.78 is 71.2. The van der Waals surface area contributed by atoms with Gasteiger partial charge in [-0.2, -0.15) is 10.4 Å². The number of hydrogen-bond acceptors (Lipinski definition) is 5. The van der Waals surface area contributed by atoms with Crippen LogP contribution in [-0.2, 0) is 25.9 Å². The average molecular weight is 539 g/mol. The van der Waals surface area contributed by atoms with E-state index in [0.717, 1.165) is 6.07 Å². The molecular weight excluding hydrogens is 528 g/mol. The number of hydrogen-bond donors (Lipinski definition) is 0. The van der Waals surface area contributed by atoms with Crippen molar-refractivity contribution < 1.29 is 24.7 Å². The molecule has 1 aromatic heterocycles. The maximum absolute atomic E-state index is 14.5. The van der Waals surface area contributed by atoms with Crippen molar-refractivity contribution in [2.24, 2.45) is 0 Å². The van der Waals surface area contributed by atoms with Crippen molar-refractivity contribution in [2.75, 3.05) is 0 Å². The van der Waals surface area contributed by atoms with Crippen molar-refractivity contribution in [3.63, 3.8) is 0 Å². The molecule has 0 saturated heterocycles. The highest BCUT2D eigenvalue weighted by Gasteiger charge is 2.53. The van der Waals surface area contributed by atoms with Crippen LogP contribution >= 0.6 is 32.2 Å². The summed E-state index contributed by atoms with van der Waals surface area (Å²) in [6.07, 6.45) is 0.0605. The van der Waals surface area contributed by atoms with Gasteiger partial charge >= 0.3 is 0 Å². The number of fused-ring (bicyclic) bond motifs is 1. The van der Waals surface area contributed by atoms with Crippen molar-refractivity contribution in [2.45, 2.75) is 34.5 Å². The number of aromatic nitrogens is 2. The predicted octanol–water partition coefficient (Wildman–Crippen LogP) is 2.80. The molecule has 3 rings (SSSR count). The zero-order chi connectivity index (χ0) is 20.9. The van der Waals surface area contributed by atoms with Gasteiger partial charge in [0.05, 0.1) is 23.2 Å². The van der Waals surface area contributed by atoms with Gasteiger partial charge in [0, 0.05) is 18.2 Å². The van der Waals surface area contributed by atoms with E-state index in [-0.39, 0.29) is 23.2 Å². The van der Waals surface area contributed by atoms with Crippen molar-refractivity contribution in [3.05, 3.63) is 46.8 Å². The second-order valence-electron chi connectivity index (χ2n) is 6.26. The molecule has 146 valence electrons. The van der Waals surface area contributed by atoms with Crippen LogP contribution in [0.2, 0.25) is 0 Å². The quantitative estimate of drug-likeness (QED) is 0.332. The smallest absolute Gasteiger partial charge is 0.282 e. The molecular formula is C15H11BF3IN3O3PS. The predicted molar refractivity (Wildman–Crippen MR) is 105 cm³/mol. The van der Waals surface area contributed by atoms with E-state index in [1.165, 1.54) is 55.4 Å². The highest BCUT2D eigenvalue weighted by atomic mass is 127. The Balaban J connectivity index is 2.20. The summed E-state index contributed by atoms with van der Waals surface area (Å²) in [4.78, 5) is -0.650. The average Bonchev–Trinajstić information content (AvgIpc) is 3.14. The van der Waals surface area contributed by atoms with E-state index in [1.54, 1.807) is 0 Å². The lowest BCUT2D eigenvalue weighted by atomic mass is 10.0. The van der Waals surface area contributed by atoms with E-state index in [4.69, 9.17) is 16.2 Å². The van der Waals surface area contributed by atoms with E-state index >= 15 is 0 Å². The fourth-order valence-electron chi connectivity index (χ4n) is 3.07. The van der Waals surface area contributed by atoms with Crippen LogP contribution in [0.1, 0.15) is 28.4 Å². The molecule has 1 heterocycles. The Hall–Kier alpha value is -1.16. The summed E-state index contributed by atoms with van der Waals surface area (Å²) in [5.41, 5.74) is 0.334. The van der Waals surface area contributed by atoms with Gasteiger partial charge in [-0.1, -0.05) is 15.3 Å². The molecule has 1 aliphatic carbocycles. The third-order valence-electron chi connectivity index (χ3n) is 4.36. The molecule has 28 heavy (non-hydrogen) atoms. The molecule has 1 aromatic carbocycles. The number of halogens is 4. The Morgan fingerprint density at radius 2 is 2.21 bits per heavy atom. The number of nitriles is 1. The maximum Gasteiger partial charge on any atom is 0.282 e. The molecule has 1 aliphatic rings. The molecule has 3 unspecified atom stereocenters. The molecule has 0 spiro atoms. The Morgan fingerprint density at radius 3 is 2.75 bits per heavy atom. The lowest BCUT2D eigenvalue weighted by Gasteiger charge is -2.22. The van der Waals surface area contributed by atoms with Crippen LogP contribution in [0.4, 0.5) is 13.2 Å². The molecule has 3 atom stereocenters. The largest absolute Gasteiger partial charge is 0.301 e. The van der Waals surface area contributed by atoms with Crippen molar-refractivity contribution in [1.29, 1.82) is 5.26 Å². The second-order valence-corrected chi connectivity index (χ2v) is 10.1. The Kier molecular flexibility index (Phi) is 5.60. The van der Waals surface area contributed by atoms with Crippen LogP contribution < -0.4 is 0 Å². The standard InChI is InChI=1S/C15H11BF3IN3O3PS/c16-15(19,27)28(24,25)11-2-1-9(7-23-6-8(4-21)5-22-23)10-3-14(17,18)13(26-20)12(10)11/h1-2,5-6,13H,3,7,27H2. The van der Waals surface area contributed by atoms with E-state index in [0.29, 0.717) is 5.56 Å². The van der Waals surface area contributed by atoms with E-state index in [1.807, 2.05) is 6.07 Å². The highest BCUT2D eigenvalue weighted by molar-refractivity contribution is 14.1. The first kappa shape index (κ1) is 21.6. The maximum atomic E-state index is 14.5. The van der Waals surface area contributed by atoms with Gasteiger partial charge in [-0.3, -0.25) is 4.68 Å². The number of sulfone groups is 1. The van der Waals surface area contributed by atoms with E-state index in [9.17, 15) is 21.6 Å². The number of nitrogens with zero attached hydrogens (tertiary/aromatic N) is 3. The third-order valence-corrected chi connectivity index (χ3v) is 7.56. The number of benzene rings is 1. The SMILES string of the molecule is [B]C(F)(P)S(=O)(=O)c1ccc(Cn2cc(C#N)cn2)c2c1C(OI)C(F)(F)C2. The molecule has 2 radical (unpaired) electrons. The molecule has 2 aromatic rings. The highest BCUT2D eigenvalue weighted by Crippen LogP contribution is 2.51. The minimum absolute atomic E-state index is 0.0126. The first-order valence-corrected chi connectivity index (χ1v) is 10.6. The van der Waals surface area contributed by atoms with Gasteiger partial charge in [0.25, 0.3) is 5.92 Å². The van der Waals surface area contributed by atoms with Crippen molar-refractivity contribution in [1.82, 2.24) is 9.78 Å². The fourth-order valence-corrected chi connectivity index (χ4v) is 5.18. The van der Waals surface area contributed by atoms with Gasteiger partial charge in [0.2, 0.25) is 9.84 Å². The molecule has 0 bridgehead atoms. The van der Waals surface area contributed by atoms with E-state index < -0.39 is 37.8 Å². The minimum atomic E-state index is -4.79. The Labute approximate surface area is 176 Å². The Morgan fingerprint density at radius 1 is 1.54 bits per heavy atom. The minimum Gasteiger partial charge on any atom is -0.301 e. The van der Waals surface area contributed by atoms with Gasteiger partial charge in [-0.15, -0.1) is 0 Å². The lowest BCUT2D eigenvalue weighted by molar-refractivity contribution is -0.0705. The molecule has 13 heteroatoms. The number of alkyl halides is 3. The van der Waals surface area contributed by atoms with Crippen molar-refractivity contribution in [3.8, 4) is 6.07 Å². The molecule has 0 aliphatic heterocycles. The zero-order valence-corrected chi connectivity index (χ0v) is 18.1. The second kappa shape index (κ2) is 7.27. The molecule has 6 nitrogen and oxygen atoms in total. The fraction of sp³-hybridized carbons (Fsp3) is 0.333. The van der Waals surface area contributed by atoms with Gasteiger partial charge < -0.3 is 3.07 Å². The van der Waals surface area contributed by atoms with Crippen LogP contribution in [0.5, 0.6) is 0 Å². The first-order valence-electron chi connectivity index (χ1n) is 7.66. The first-order chi connectivity index (χ1) is 12.9.